The molecule has 3 aliphatic rings. The predicted molar refractivity (Wildman–Crippen MR) is 110 cm³/mol. The van der Waals surface area contributed by atoms with E-state index in [4.69, 9.17) is 9.84 Å². The van der Waals surface area contributed by atoms with E-state index >= 15 is 0 Å². The number of rotatable bonds is 5. The zero-order chi connectivity index (χ0) is 19.5. The number of amides is 1. The van der Waals surface area contributed by atoms with Crippen LogP contribution >= 0.6 is 0 Å². The highest BCUT2D eigenvalue weighted by Crippen LogP contribution is 2.28. The molecule has 0 radical (unpaired) electrons. The molecule has 2 heterocycles. The molecule has 1 aromatic heterocycles. The van der Waals surface area contributed by atoms with Gasteiger partial charge in [-0.1, -0.05) is 33.1 Å². The largest absolute Gasteiger partial charge is 0.378 e. The SMILES string of the molecule is CC(C)Cn1nc(C(=O)N2CCOCC2)c2c1CCC(NC1CCCCC1)C2. The van der Waals surface area contributed by atoms with Crippen molar-refractivity contribution in [3.05, 3.63) is 17.0 Å². The number of ether oxygens (including phenoxy) is 1. The van der Waals surface area contributed by atoms with E-state index in [1.54, 1.807) is 0 Å². The molecule has 1 aliphatic heterocycles. The lowest BCUT2D eigenvalue weighted by Gasteiger charge is -2.31. The minimum absolute atomic E-state index is 0.0976. The number of morpholine rings is 1. The van der Waals surface area contributed by atoms with Crippen LogP contribution in [0.4, 0.5) is 0 Å². The van der Waals surface area contributed by atoms with Crippen molar-refractivity contribution in [3.8, 4) is 0 Å². The zero-order valence-electron chi connectivity index (χ0n) is 17.6. The summed E-state index contributed by atoms with van der Waals surface area (Å²) in [5.41, 5.74) is 3.20. The number of carbonyl (C=O) groups excluding carboxylic acids is 1. The minimum Gasteiger partial charge on any atom is -0.378 e. The Morgan fingerprint density at radius 1 is 1.14 bits per heavy atom. The lowest BCUT2D eigenvalue weighted by molar-refractivity contribution is 0.0297. The standard InChI is InChI=1S/C22H36N4O2/c1-16(2)15-26-20-9-8-18(23-17-6-4-3-5-7-17)14-19(20)21(24-26)22(27)25-10-12-28-13-11-25/h16-18,23H,3-15H2,1-2H3. The second kappa shape index (κ2) is 8.95. The molecular formula is C22H36N4O2. The summed E-state index contributed by atoms with van der Waals surface area (Å²) in [6.07, 6.45) is 9.80. The van der Waals surface area contributed by atoms with Gasteiger partial charge >= 0.3 is 0 Å². The quantitative estimate of drug-likeness (QED) is 0.843. The van der Waals surface area contributed by atoms with Gasteiger partial charge in [-0.3, -0.25) is 9.48 Å². The maximum Gasteiger partial charge on any atom is 0.274 e. The maximum absolute atomic E-state index is 13.2. The van der Waals surface area contributed by atoms with Crippen molar-refractivity contribution in [1.82, 2.24) is 20.0 Å². The summed E-state index contributed by atoms with van der Waals surface area (Å²) < 4.78 is 7.56. The summed E-state index contributed by atoms with van der Waals surface area (Å²) in [6.45, 7) is 7.93. The van der Waals surface area contributed by atoms with Gasteiger partial charge in [0.1, 0.15) is 0 Å². The normalized spacial score (nSPS) is 23.8. The van der Waals surface area contributed by atoms with Crippen molar-refractivity contribution in [2.45, 2.75) is 83.8 Å². The average Bonchev–Trinajstić information content (AvgIpc) is 3.06. The van der Waals surface area contributed by atoms with Crippen molar-refractivity contribution < 1.29 is 9.53 Å². The van der Waals surface area contributed by atoms with E-state index in [0.717, 1.165) is 25.8 Å². The molecular weight excluding hydrogens is 352 g/mol. The molecule has 0 bridgehead atoms. The number of carbonyl (C=O) groups is 1. The minimum atomic E-state index is 0.0976. The number of fused-ring (bicyclic) bond motifs is 1. The molecule has 0 spiro atoms. The average molecular weight is 389 g/mol. The molecule has 6 heteroatoms. The highest BCUT2D eigenvalue weighted by atomic mass is 16.5. The van der Waals surface area contributed by atoms with Crippen LogP contribution in [0.5, 0.6) is 0 Å². The molecule has 1 aromatic rings. The first-order valence-electron chi connectivity index (χ1n) is 11.3. The lowest BCUT2D eigenvalue weighted by atomic mass is 9.88. The molecule has 28 heavy (non-hydrogen) atoms. The van der Waals surface area contributed by atoms with Crippen LogP contribution in [0.3, 0.4) is 0 Å². The Labute approximate surface area is 169 Å². The Balaban J connectivity index is 1.54. The Morgan fingerprint density at radius 2 is 1.89 bits per heavy atom. The first kappa shape index (κ1) is 19.9. The van der Waals surface area contributed by atoms with Gasteiger partial charge in [-0.25, -0.2) is 0 Å². The fourth-order valence-corrected chi connectivity index (χ4v) is 5.02. The highest BCUT2D eigenvalue weighted by molar-refractivity contribution is 5.94. The smallest absolute Gasteiger partial charge is 0.274 e. The second-order valence-electron chi connectivity index (χ2n) is 9.20. The van der Waals surface area contributed by atoms with E-state index < -0.39 is 0 Å². The third kappa shape index (κ3) is 4.43. The molecule has 1 N–H and O–H groups in total. The number of nitrogens with one attached hydrogen (secondary N) is 1. The van der Waals surface area contributed by atoms with Crippen molar-refractivity contribution in [1.29, 1.82) is 0 Å². The molecule has 6 nitrogen and oxygen atoms in total. The summed E-state index contributed by atoms with van der Waals surface area (Å²) in [5, 5.41) is 8.76. The number of aromatic nitrogens is 2. The van der Waals surface area contributed by atoms with Gasteiger partial charge in [0.05, 0.1) is 13.2 Å². The molecule has 2 fully saturated rings. The van der Waals surface area contributed by atoms with E-state index in [1.165, 1.54) is 43.4 Å². The van der Waals surface area contributed by atoms with Crippen molar-refractivity contribution in [2.24, 2.45) is 5.92 Å². The fourth-order valence-electron chi connectivity index (χ4n) is 5.02. The lowest BCUT2D eigenvalue weighted by Crippen LogP contribution is -2.43. The van der Waals surface area contributed by atoms with Gasteiger partial charge in [-0.2, -0.15) is 5.10 Å². The Morgan fingerprint density at radius 3 is 2.61 bits per heavy atom. The van der Waals surface area contributed by atoms with Crippen molar-refractivity contribution >= 4 is 5.91 Å². The van der Waals surface area contributed by atoms with Crippen molar-refractivity contribution in [3.63, 3.8) is 0 Å². The molecule has 1 saturated heterocycles. The Hall–Kier alpha value is -1.40. The van der Waals surface area contributed by atoms with E-state index in [1.807, 2.05) is 4.90 Å². The van der Waals surface area contributed by atoms with Crippen molar-refractivity contribution in [2.75, 3.05) is 26.3 Å². The van der Waals surface area contributed by atoms with Crippen LogP contribution in [-0.4, -0.2) is 59.0 Å². The zero-order valence-corrected chi connectivity index (χ0v) is 17.6. The molecule has 1 amide bonds. The monoisotopic (exact) mass is 388 g/mol. The molecule has 0 aromatic carbocycles. The maximum atomic E-state index is 13.2. The van der Waals surface area contributed by atoms with Gasteiger partial charge < -0.3 is 15.0 Å². The Kier molecular flexibility index (Phi) is 6.36. The van der Waals surface area contributed by atoms with Crippen LogP contribution in [0, 0.1) is 5.92 Å². The van der Waals surface area contributed by atoms with Gasteiger partial charge in [-0.15, -0.1) is 0 Å². The third-order valence-corrected chi connectivity index (χ3v) is 6.46. The highest BCUT2D eigenvalue weighted by Gasteiger charge is 2.32. The van der Waals surface area contributed by atoms with Crippen LogP contribution in [0.15, 0.2) is 0 Å². The number of hydrogen-bond acceptors (Lipinski definition) is 4. The molecule has 156 valence electrons. The second-order valence-corrected chi connectivity index (χ2v) is 9.20. The molecule has 4 rings (SSSR count). The third-order valence-electron chi connectivity index (χ3n) is 6.46. The summed E-state index contributed by atoms with van der Waals surface area (Å²) >= 11 is 0. The van der Waals surface area contributed by atoms with E-state index in [-0.39, 0.29) is 5.91 Å². The van der Waals surface area contributed by atoms with E-state index in [2.05, 4.69) is 23.8 Å². The van der Waals surface area contributed by atoms with E-state index in [0.29, 0.717) is 50.0 Å². The first-order chi connectivity index (χ1) is 13.6. The van der Waals surface area contributed by atoms with Crippen LogP contribution in [0.25, 0.3) is 0 Å². The Bertz CT molecular complexity index is 672. The summed E-state index contributed by atoms with van der Waals surface area (Å²) in [5.74, 6) is 0.619. The topological polar surface area (TPSA) is 59.4 Å². The summed E-state index contributed by atoms with van der Waals surface area (Å²) in [6, 6.07) is 1.13. The predicted octanol–water partition coefficient (Wildman–Crippen LogP) is 2.79. The van der Waals surface area contributed by atoms with Gasteiger partial charge in [-0.05, 0) is 38.0 Å². The first-order valence-corrected chi connectivity index (χ1v) is 11.3. The van der Waals surface area contributed by atoms with Crippen LogP contribution in [0.2, 0.25) is 0 Å². The molecule has 2 aliphatic carbocycles. The molecule has 1 saturated carbocycles. The fraction of sp³-hybridized carbons (Fsp3) is 0.818. The van der Waals surface area contributed by atoms with Crippen LogP contribution < -0.4 is 5.32 Å². The summed E-state index contributed by atoms with van der Waals surface area (Å²) in [7, 11) is 0. The van der Waals surface area contributed by atoms with Crippen LogP contribution in [-0.2, 0) is 24.1 Å². The van der Waals surface area contributed by atoms with Gasteiger partial charge in [0.25, 0.3) is 5.91 Å². The summed E-state index contributed by atoms with van der Waals surface area (Å²) in [4.78, 5) is 15.2. The van der Waals surface area contributed by atoms with Gasteiger partial charge in [0.15, 0.2) is 5.69 Å². The van der Waals surface area contributed by atoms with Gasteiger partial charge in [0.2, 0.25) is 0 Å². The number of hydrogen-bond donors (Lipinski definition) is 1. The molecule has 1 unspecified atom stereocenters. The van der Waals surface area contributed by atoms with Gasteiger partial charge in [0, 0.05) is 43.0 Å². The molecule has 1 atom stereocenters. The number of nitrogens with zero attached hydrogens (tertiary/aromatic N) is 3. The van der Waals surface area contributed by atoms with Crippen LogP contribution in [0.1, 0.15) is 74.1 Å². The van der Waals surface area contributed by atoms with E-state index in [9.17, 15) is 4.79 Å².